The number of rotatable bonds is 4. The van der Waals surface area contributed by atoms with E-state index in [1.54, 1.807) is 6.26 Å². The van der Waals surface area contributed by atoms with E-state index in [1.165, 1.54) is 5.56 Å². The van der Waals surface area contributed by atoms with Crippen molar-refractivity contribution in [2.45, 2.75) is 20.0 Å². The molecule has 0 unspecified atom stereocenters. The van der Waals surface area contributed by atoms with Crippen molar-refractivity contribution in [3.8, 4) is 0 Å². The molecular weight excluding hydrogens is 236 g/mol. The predicted molar refractivity (Wildman–Crippen MR) is 67.9 cm³/mol. The van der Waals surface area contributed by atoms with Crippen LogP contribution < -0.4 is 0 Å². The predicted octanol–water partition coefficient (Wildman–Crippen LogP) is 3.27. The lowest BCUT2D eigenvalue weighted by molar-refractivity contribution is 0.315. The maximum absolute atomic E-state index is 5.84. The molecule has 1 heterocycles. The maximum Gasteiger partial charge on any atom is 0.191 e. The number of aryl methyl sites for hydroxylation is 1. The van der Waals surface area contributed by atoms with E-state index in [-0.39, 0.29) is 0 Å². The number of halogens is 1. The first-order valence-corrected chi connectivity index (χ1v) is 5.85. The maximum atomic E-state index is 5.84. The summed E-state index contributed by atoms with van der Waals surface area (Å²) >= 11 is 5.84. The van der Waals surface area contributed by atoms with Gasteiger partial charge < -0.3 is 4.42 Å². The minimum Gasteiger partial charge on any atom is -0.449 e. The average molecular weight is 251 g/mol. The van der Waals surface area contributed by atoms with Gasteiger partial charge in [-0.2, -0.15) is 0 Å². The molecule has 1 aromatic carbocycles. The van der Waals surface area contributed by atoms with E-state index in [2.05, 4.69) is 16.9 Å². The monoisotopic (exact) mass is 250 g/mol. The number of hydrogen-bond donors (Lipinski definition) is 0. The largest absolute Gasteiger partial charge is 0.449 e. The van der Waals surface area contributed by atoms with Crippen molar-refractivity contribution in [2.75, 3.05) is 7.05 Å². The average Bonchev–Trinajstić information content (AvgIpc) is 2.67. The van der Waals surface area contributed by atoms with Crippen molar-refractivity contribution < 1.29 is 4.42 Å². The summed E-state index contributed by atoms with van der Waals surface area (Å²) in [5.41, 5.74) is 2.19. The molecule has 4 heteroatoms. The Morgan fingerprint density at radius 2 is 1.94 bits per heavy atom. The molecule has 3 nitrogen and oxygen atoms in total. The molecule has 17 heavy (non-hydrogen) atoms. The van der Waals surface area contributed by atoms with Crippen LogP contribution in [0.2, 0.25) is 5.02 Å². The summed E-state index contributed by atoms with van der Waals surface area (Å²) in [7, 11) is 2.05. The second-order valence-electron chi connectivity index (χ2n) is 4.16. The number of nitrogens with zero attached hydrogens (tertiary/aromatic N) is 2. The smallest absolute Gasteiger partial charge is 0.191 e. The van der Waals surface area contributed by atoms with Crippen LogP contribution in [0.1, 0.15) is 17.1 Å². The molecule has 0 fully saturated rings. The first kappa shape index (κ1) is 12.1. The van der Waals surface area contributed by atoms with Gasteiger partial charge >= 0.3 is 0 Å². The highest BCUT2D eigenvalue weighted by Gasteiger charge is 2.05. The first-order chi connectivity index (χ1) is 8.13. The third kappa shape index (κ3) is 3.58. The van der Waals surface area contributed by atoms with Crippen LogP contribution in [0.5, 0.6) is 0 Å². The molecule has 0 atom stereocenters. The highest BCUT2D eigenvalue weighted by Crippen LogP contribution is 2.12. The van der Waals surface area contributed by atoms with Gasteiger partial charge in [0.25, 0.3) is 0 Å². The molecule has 0 saturated heterocycles. The van der Waals surface area contributed by atoms with Gasteiger partial charge in [-0.1, -0.05) is 23.7 Å². The van der Waals surface area contributed by atoms with Gasteiger partial charge in [-0.05, 0) is 24.7 Å². The fourth-order valence-corrected chi connectivity index (χ4v) is 1.84. The normalized spacial score (nSPS) is 11.1. The summed E-state index contributed by atoms with van der Waals surface area (Å²) in [4.78, 5) is 6.46. The Morgan fingerprint density at radius 1 is 1.24 bits per heavy atom. The van der Waals surface area contributed by atoms with Crippen LogP contribution in [0.4, 0.5) is 0 Å². The molecule has 0 aliphatic heterocycles. The van der Waals surface area contributed by atoms with Crippen molar-refractivity contribution in [3.63, 3.8) is 0 Å². The fraction of sp³-hybridized carbons (Fsp3) is 0.308. The Kier molecular flexibility index (Phi) is 3.82. The highest BCUT2D eigenvalue weighted by molar-refractivity contribution is 6.30. The molecule has 1 aromatic heterocycles. The van der Waals surface area contributed by atoms with Crippen molar-refractivity contribution in [2.24, 2.45) is 0 Å². The number of aromatic nitrogens is 1. The SMILES string of the molecule is Cc1nc(CN(C)Cc2ccc(Cl)cc2)co1. The van der Waals surface area contributed by atoms with Crippen molar-refractivity contribution >= 4 is 11.6 Å². The van der Waals surface area contributed by atoms with Crippen LogP contribution in [0.25, 0.3) is 0 Å². The van der Waals surface area contributed by atoms with Gasteiger partial charge in [0.2, 0.25) is 0 Å². The second kappa shape index (κ2) is 5.34. The van der Waals surface area contributed by atoms with Gasteiger partial charge in [-0.25, -0.2) is 4.98 Å². The highest BCUT2D eigenvalue weighted by atomic mass is 35.5. The number of benzene rings is 1. The first-order valence-electron chi connectivity index (χ1n) is 5.47. The van der Waals surface area contributed by atoms with Crippen LogP contribution >= 0.6 is 11.6 Å². The molecule has 2 rings (SSSR count). The molecule has 2 aromatic rings. The lowest BCUT2D eigenvalue weighted by atomic mass is 10.2. The zero-order chi connectivity index (χ0) is 12.3. The Bertz CT molecular complexity index is 478. The Balaban J connectivity index is 1.93. The molecule has 0 radical (unpaired) electrons. The standard InChI is InChI=1S/C13H15ClN2O/c1-10-15-13(9-17-10)8-16(2)7-11-3-5-12(14)6-4-11/h3-6,9H,7-8H2,1-2H3. The fourth-order valence-electron chi connectivity index (χ4n) is 1.71. The van der Waals surface area contributed by atoms with E-state index >= 15 is 0 Å². The van der Waals surface area contributed by atoms with E-state index < -0.39 is 0 Å². The van der Waals surface area contributed by atoms with Gasteiger partial charge in [0, 0.05) is 25.0 Å². The lowest BCUT2D eigenvalue weighted by Gasteiger charge is -2.14. The number of oxazole rings is 1. The molecule has 0 saturated carbocycles. The summed E-state index contributed by atoms with van der Waals surface area (Å²) in [5.74, 6) is 0.708. The summed E-state index contributed by atoms with van der Waals surface area (Å²) < 4.78 is 5.18. The van der Waals surface area contributed by atoms with Gasteiger partial charge in [-0.15, -0.1) is 0 Å². The van der Waals surface area contributed by atoms with Crippen molar-refractivity contribution in [1.29, 1.82) is 0 Å². The van der Waals surface area contributed by atoms with Gasteiger partial charge in [0.15, 0.2) is 5.89 Å². The topological polar surface area (TPSA) is 29.3 Å². The third-order valence-electron chi connectivity index (χ3n) is 2.46. The lowest BCUT2D eigenvalue weighted by Crippen LogP contribution is -2.17. The van der Waals surface area contributed by atoms with E-state index in [9.17, 15) is 0 Å². The molecule has 0 aliphatic carbocycles. The zero-order valence-electron chi connectivity index (χ0n) is 9.98. The Labute approximate surface area is 106 Å². The molecule has 90 valence electrons. The van der Waals surface area contributed by atoms with Crippen LogP contribution in [0, 0.1) is 6.92 Å². The quantitative estimate of drug-likeness (QED) is 0.834. The van der Waals surface area contributed by atoms with E-state index in [1.807, 2.05) is 31.2 Å². The van der Waals surface area contributed by atoms with Crippen molar-refractivity contribution in [3.05, 3.63) is 52.7 Å². The molecular formula is C13H15ClN2O. The van der Waals surface area contributed by atoms with Crippen LogP contribution in [-0.4, -0.2) is 16.9 Å². The Morgan fingerprint density at radius 3 is 2.53 bits per heavy atom. The second-order valence-corrected chi connectivity index (χ2v) is 4.59. The van der Waals surface area contributed by atoms with E-state index in [0.29, 0.717) is 5.89 Å². The Hall–Kier alpha value is -1.32. The molecule has 0 amide bonds. The van der Waals surface area contributed by atoms with Crippen molar-refractivity contribution in [1.82, 2.24) is 9.88 Å². The van der Waals surface area contributed by atoms with E-state index in [0.717, 1.165) is 23.8 Å². The summed E-state index contributed by atoms with van der Waals surface area (Å²) in [6.07, 6.45) is 1.70. The van der Waals surface area contributed by atoms with Crippen LogP contribution in [0.15, 0.2) is 34.9 Å². The zero-order valence-corrected chi connectivity index (χ0v) is 10.7. The minimum absolute atomic E-state index is 0.708. The summed E-state index contributed by atoms with van der Waals surface area (Å²) in [6, 6.07) is 7.88. The minimum atomic E-state index is 0.708. The number of hydrogen-bond acceptors (Lipinski definition) is 3. The van der Waals surface area contributed by atoms with Crippen LogP contribution in [-0.2, 0) is 13.1 Å². The van der Waals surface area contributed by atoms with Gasteiger partial charge in [0.1, 0.15) is 6.26 Å². The molecule has 0 N–H and O–H groups in total. The molecule has 0 bridgehead atoms. The van der Waals surface area contributed by atoms with Gasteiger partial charge in [0.05, 0.1) is 5.69 Å². The van der Waals surface area contributed by atoms with Gasteiger partial charge in [-0.3, -0.25) is 4.90 Å². The summed E-state index contributed by atoms with van der Waals surface area (Å²) in [5, 5.41) is 0.767. The van der Waals surface area contributed by atoms with Crippen LogP contribution in [0.3, 0.4) is 0 Å². The molecule has 0 aliphatic rings. The third-order valence-corrected chi connectivity index (χ3v) is 2.72. The summed E-state index contributed by atoms with van der Waals surface area (Å²) in [6.45, 7) is 3.49. The molecule has 0 spiro atoms. The van der Waals surface area contributed by atoms with E-state index in [4.69, 9.17) is 16.0 Å².